The molecule has 30 heavy (non-hydrogen) atoms. The first-order chi connectivity index (χ1) is 14.3. The molecule has 0 radical (unpaired) electrons. The smallest absolute Gasteiger partial charge is 0.261 e. The highest BCUT2D eigenvalue weighted by molar-refractivity contribution is 7.99. The number of carbonyl (C=O) groups is 1. The van der Waals surface area contributed by atoms with E-state index in [4.69, 9.17) is 11.6 Å². The van der Waals surface area contributed by atoms with E-state index in [2.05, 4.69) is 10.0 Å². The molecule has 0 aliphatic rings. The SMILES string of the molecule is Cc1ccc(S(=O)(=O)Nc2ccc(C(=O)NCCSc3ccccc3)c(Cl)c2)cc1. The highest BCUT2D eigenvalue weighted by Gasteiger charge is 2.16. The van der Waals surface area contributed by atoms with E-state index in [-0.39, 0.29) is 21.5 Å². The normalized spacial score (nSPS) is 11.1. The van der Waals surface area contributed by atoms with Crippen molar-refractivity contribution in [3.63, 3.8) is 0 Å². The number of aryl methyl sites for hydroxylation is 1. The number of amides is 1. The highest BCUT2D eigenvalue weighted by Crippen LogP contribution is 2.24. The maximum atomic E-state index is 12.5. The van der Waals surface area contributed by atoms with E-state index in [1.165, 1.54) is 30.3 Å². The largest absolute Gasteiger partial charge is 0.351 e. The van der Waals surface area contributed by atoms with Gasteiger partial charge in [0.2, 0.25) is 0 Å². The van der Waals surface area contributed by atoms with Crippen LogP contribution in [0.1, 0.15) is 15.9 Å². The van der Waals surface area contributed by atoms with Gasteiger partial charge < -0.3 is 5.32 Å². The molecule has 2 N–H and O–H groups in total. The van der Waals surface area contributed by atoms with Gasteiger partial charge in [-0.1, -0.05) is 47.5 Å². The summed E-state index contributed by atoms with van der Waals surface area (Å²) in [7, 11) is -3.74. The van der Waals surface area contributed by atoms with E-state index in [1.54, 1.807) is 23.9 Å². The van der Waals surface area contributed by atoms with Gasteiger partial charge in [-0.15, -0.1) is 11.8 Å². The van der Waals surface area contributed by atoms with Gasteiger partial charge in [0.15, 0.2) is 0 Å². The summed E-state index contributed by atoms with van der Waals surface area (Å²) < 4.78 is 27.5. The number of nitrogens with one attached hydrogen (secondary N) is 2. The Morgan fingerprint density at radius 3 is 2.37 bits per heavy atom. The number of rotatable bonds is 8. The molecule has 0 atom stereocenters. The zero-order chi connectivity index (χ0) is 21.6. The minimum Gasteiger partial charge on any atom is -0.351 e. The Hall–Kier alpha value is -2.48. The third-order valence-electron chi connectivity index (χ3n) is 4.20. The minimum atomic E-state index is -3.74. The predicted molar refractivity (Wildman–Crippen MR) is 123 cm³/mol. The second-order valence-electron chi connectivity index (χ2n) is 6.53. The van der Waals surface area contributed by atoms with Crippen molar-refractivity contribution in [2.75, 3.05) is 17.0 Å². The maximum Gasteiger partial charge on any atom is 0.261 e. The molecule has 3 aromatic carbocycles. The van der Waals surface area contributed by atoms with E-state index in [0.29, 0.717) is 12.1 Å². The van der Waals surface area contributed by atoms with Gasteiger partial charge in [0, 0.05) is 17.2 Å². The molecule has 5 nitrogen and oxygen atoms in total. The fourth-order valence-electron chi connectivity index (χ4n) is 2.64. The van der Waals surface area contributed by atoms with Crippen LogP contribution in [0.25, 0.3) is 0 Å². The molecule has 8 heteroatoms. The zero-order valence-electron chi connectivity index (χ0n) is 16.3. The first-order valence-corrected chi connectivity index (χ1v) is 12.0. The Morgan fingerprint density at radius 1 is 1.00 bits per heavy atom. The number of hydrogen-bond acceptors (Lipinski definition) is 4. The van der Waals surface area contributed by atoms with Crippen LogP contribution in [0.2, 0.25) is 5.02 Å². The van der Waals surface area contributed by atoms with Gasteiger partial charge in [0.1, 0.15) is 0 Å². The van der Waals surface area contributed by atoms with Crippen molar-refractivity contribution in [1.82, 2.24) is 5.32 Å². The van der Waals surface area contributed by atoms with Gasteiger partial charge in [-0.3, -0.25) is 9.52 Å². The Kier molecular flexibility index (Phi) is 7.42. The quantitative estimate of drug-likeness (QED) is 0.367. The van der Waals surface area contributed by atoms with Gasteiger partial charge >= 0.3 is 0 Å². The molecule has 0 fully saturated rings. The molecule has 1 amide bonds. The molecule has 0 saturated heterocycles. The average Bonchev–Trinajstić information content (AvgIpc) is 2.72. The summed E-state index contributed by atoms with van der Waals surface area (Å²) in [6.45, 7) is 2.37. The van der Waals surface area contributed by atoms with Crippen molar-refractivity contribution in [3.05, 3.63) is 88.9 Å². The summed E-state index contributed by atoms with van der Waals surface area (Å²) in [5.41, 5.74) is 1.55. The van der Waals surface area contributed by atoms with Gasteiger partial charge in [-0.2, -0.15) is 0 Å². The Bertz CT molecular complexity index is 1120. The average molecular weight is 461 g/mol. The van der Waals surface area contributed by atoms with Gasteiger partial charge in [0.25, 0.3) is 15.9 Å². The van der Waals surface area contributed by atoms with Crippen molar-refractivity contribution in [2.24, 2.45) is 0 Å². The van der Waals surface area contributed by atoms with Crippen LogP contribution < -0.4 is 10.0 Å². The molecule has 0 saturated carbocycles. The van der Waals surface area contributed by atoms with Crippen molar-refractivity contribution < 1.29 is 13.2 Å². The molecule has 0 unspecified atom stereocenters. The lowest BCUT2D eigenvalue weighted by Gasteiger charge is -2.11. The molecule has 156 valence electrons. The van der Waals surface area contributed by atoms with Crippen LogP contribution in [0.3, 0.4) is 0 Å². The van der Waals surface area contributed by atoms with Crippen LogP contribution in [-0.4, -0.2) is 26.6 Å². The number of benzene rings is 3. The number of thioether (sulfide) groups is 1. The summed E-state index contributed by atoms with van der Waals surface area (Å²) in [4.78, 5) is 13.7. The number of halogens is 1. The Morgan fingerprint density at radius 2 is 1.70 bits per heavy atom. The van der Waals surface area contributed by atoms with Gasteiger partial charge in [-0.25, -0.2) is 8.42 Å². The maximum absolute atomic E-state index is 12.5. The van der Waals surface area contributed by atoms with Crippen molar-refractivity contribution in [2.45, 2.75) is 16.7 Å². The number of carbonyl (C=O) groups excluding carboxylic acids is 1. The fourth-order valence-corrected chi connectivity index (χ4v) is 4.74. The minimum absolute atomic E-state index is 0.155. The molecule has 0 aliphatic carbocycles. The molecule has 0 bridgehead atoms. The van der Waals surface area contributed by atoms with E-state index in [9.17, 15) is 13.2 Å². The second kappa shape index (κ2) is 10.0. The summed E-state index contributed by atoms with van der Waals surface area (Å²) in [5, 5.41) is 3.00. The topological polar surface area (TPSA) is 75.3 Å². The van der Waals surface area contributed by atoms with E-state index < -0.39 is 10.0 Å². The van der Waals surface area contributed by atoms with Crippen LogP contribution in [0.4, 0.5) is 5.69 Å². The van der Waals surface area contributed by atoms with Crippen molar-refractivity contribution >= 4 is 45.0 Å². The summed E-state index contributed by atoms with van der Waals surface area (Å²) >= 11 is 7.87. The molecule has 0 spiro atoms. The highest BCUT2D eigenvalue weighted by atomic mass is 35.5. The molecular weight excluding hydrogens is 440 g/mol. The number of anilines is 1. The van der Waals surface area contributed by atoms with E-state index >= 15 is 0 Å². The van der Waals surface area contributed by atoms with Crippen LogP contribution in [0.5, 0.6) is 0 Å². The predicted octanol–water partition coefficient (Wildman–Crippen LogP) is 4.97. The number of sulfonamides is 1. The van der Waals surface area contributed by atoms with Crippen LogP contribution in [-0.2, 0) is 10.0 Å². The zero-order valence-corrected chi connectivity index (χ0v) is 18.7. The van der Waals surface area contributed by atoms with E-state index in [1.807, 2.05) is 37.3 Å². The van der Waals surface area contributed by atoms with E-state index in [0.717, 1.165) is 16.2 Å². The van der Waals surface area contributed by atoms with Crippen molar-refractivity contribution in [1.29, 1.82) is 0 Å². The lowest BCUT2D eigenvalue weighted by molar-refractivity contribution is 0.0956. The second-order valence-corrected chi connectivity index (χ2v) is 9.79. The molecule has 3 rings (SSSR count). The summed E-state index contributed by atoms with van der Waals surface area (Å²) in [6, 6.07) is 20.9. The van der Waals surface area contributed by atoms with Gasteiger partial charge in [0.05, 0.1) is 21.2 Å². The monoisotopic (exact) mass is 460 g/mol. The molecule has 0 aliphatic heterocycles. The van der Waals surface area contributed by atoms with Crippen LogP contribution in [0, 0.1) is 6.92 Å². The Balaban J connectivity index is 1.59. The lowest BCUT2D eigenvalue weighted by atomic mass is 10.2. The standard InChI is InChI=1S/C22H21ClN2O3S2/c1-16-7-10-19(11-8-16)30(27,28)25-17-9-12-20(21(23)15-17)22(26)24-13-14-29-18-5-3-2-4-6-18/h2-12,15,25H,13-14H2,1H3,(H,24,26). The first kappa shape index (κ1) is 22.2. The summed E-state index contributed by atoms with van der Waals surface area (Å²) in [5.74, 6) is 0.420. The summed E-state index contributed by atoms with van der Waals surface area (Å²) in [6.07, 6.45) is 0. The molecule has 3 aromatic rings. The van der Waals surface area contributed by atoms with Gasteiger partial charge in [-0.05, 0) is 49.4 Å². The van der Waals surface area contributed by atoms with Crippen LogP contribution >= 0.6 is 23.4 Å². The third-order valence-corrected chi connectivity index (χ3v) is 6.92. The molecule has 0 heterocycles. The van der Waals surface area contributed by atoms with Crippen molar-refractivity contribution in [3.8, 4) is 0 Å². The Labute approximate surface area is 185 Å². The first-order valence-electron chi connectivity index (χ1n) is 9.20. The molecular formula is C22H21ClN2O3S2. The lowest BCUT2D eigenvalue weighted by Crippen LogP contribution is -2.26. The fraction of sp³-hybridized carbons (Fsp3) is 0.136. The third kappa shape index (κ3) is 6.01. The van der Waals surface area contributed by atoms with Crippen LogP contribution in [0.15, 0.2) is 82.6 Å². The molecule has 0 aromatic heterocycles. The number of hydrogen-bond donors (Lipinski definition) is 2.